The Morgan fingerprint density at radius 1 is 0.871 bits per heavy atom. The van der Waals surface area contributed by atoms with Crippen molar-refractivity contribution in [2.24, 2.45) is 0 Å². The third kappa shape index (κ3) is 5.69. The van der Waals surface area contributed by atoms with Crippen molar-refractivity contribution in [2.45, 2.75) is 81.1 Å². The molecule has 2 rings (SSSR count). The van der Waals surface area contributed by atoms with E-state index in [0.29, 0.717) is 22.4 Å². The highest BCUT2D eigenvalue weighted by Crippen LogP contribution is 2.31. The summed E-state index contributed by atoms with van der Waals surface area (Å²) in [6.45, 7) is 18.4. The summed E-state index contributed by atoms with van der Waals surface area (Å²) >= 11 is 0. The van der Waals surface area contributed by atoms with Crippen LogP contribution in [0.15, 0.2) is 4.79 Å². The molecule has 0 amide bonds. The fourth-order valence-corrected chi connectivity index (χ4v) is 3.42. The molecule has 2 aromatic rings. The number of nitrogens with zero attached hydrogens (tertiary/aromatic N) is 1. The summed E-state index contributed by atoms with van der Waals surface area (Å²) in [5, 5.41) is 0. The topological polar surface area (TPSA) is 89.1 Å². The first-order valence-corrected chi connectivity index (χ1v) is 10.6. The summed E-state index contributed by atoms with van der Waals surface area (Å²) in [6.07, 6.45) is 0. The van der Waals surface area contributed by atoms with E-state index in [1.807, 2.05) is 48.5 Å². The molecule has 31 heavy (non-hydrogen) atoms. The van der Waals surface area contributed by atoms with Crippen molar-refractivity contribution in [1.82, 2.24) is 9.97 Å². The van der Waals surface area contributed by atoms with Gasteiger partial charge in [0.15, 0.2) is 17.0 Å². The van der Waals surface area contributed by atoms with Crippen molar-refractivity contribution in [2.75, 3.05) is 7.11 Å². The monoisotopic (exact) mass is 428 g/mol. The summed E-state index contributed by atoms with van der Waals surface area (Å²) in [5.41, 5.74) is 5.71. The van der Waals surface area contributed by atoms with Gasteiger partial charge in [-0.1, -0.05) is 27.7 Å². The van der Waals surface area contributed by atoms with Gasteiger partial charge in [0.1, 0.15) is 5.75 Å². The highest BCUT2D eigenvalue weighted by Gasteiger charge is 2.21. The predicted octanol–water partition coefficient (Wildman–Crippen LogP) is 5.35. The van der Waals surface area contributed by atoms with Crippen LogP contribution in [0.4, 0.5) is 0 Å². The van der Waals surface area contributed by atoms with Gasteiger partial charge in [0.05, 0.1) is 23.9 Å². The van der Waals surface area contributed by atoms with Crippen molar-refractivity contribution in [3.63, 3.8) is 0 Å². The lowest BCUT2D eigenvalue weighted by Gasteiger charge is -2.17. The Balaban J connectivity index is 0.000000311. The Hall–Kier alpha value is -2.76. The molecule has 0 saturated heterocycles. The van der Waals surface area contributed by atoms with Crippen molar-refractivity contribution in [3.05, 3.63) is 55.3 Å². The van der Waals surface area contributed by atoms with Crippen LogP contribution in [0.3, 0.4) is 0 Å². The summed E-state index contributed by atoms with van der Waals surface area (Å²) < 4.78 is 5.35. The number of hydrogen-bond donors (Lipinski definition) is 1. The van der Waals surface area contributed by atoms with Crippen molar-refractivity contribution < 1.29 is 14.3 Å². The SMILES string of the molecule is CC(=O)c1c(C(C)C)[nH]c(C)c(C)c1=O.COc1c(C)c(C)nc(C(C)C)c1C(C)=O. The van der Waals surface area contributed by atoms with E-state index in [4.69, 9.17) is 4.74 Å². The molecular formula is C25H36N2O4. The van der Waals surface area contributed by atoms with Crippen molar-refractivity contribution in [1.29, 1.82) is 0 Å². The zero-order valence-corrected chi connectivity index (χ0v) is 20.7. The number of hydrogen-bond acceptors (Lipinski definition) is 5. The number of nitrogens with one attached hydrogen (secondary N) is 1. The molecule has 0 bridgehead atoms. The molecule has 0 aliphatic heterocycles. The number of carbonyl (C=O) groups is 2. The van der Waals surface area contributed by atoms with Crippen LogP contribution in [-0.2, 0) is 0 Å². The average Bonchev–Trinajstić information content (AvgIpc) is 2.66. The first kappa shape index (κ1) is 26.3. The fourth-order valence-electron chi connectivity index (χ4n) is 3.42. The molecule has 0 atom stereocenters. The molecule has 0 unspecified atom stereocenters. The van der Waals surface area contributed by atoms with E-state index in [1.54, 1.807) is 21.0 Å². The molecule has 6 heteroatoms. The van der Waals surface area contributed by atoms with Crippen molar-refractivity contribution in [3.8, 4) is 5.75 Å². The van der Waals surface area contributed by atoms with Crippen LogP contribution in [0.25, 0.3) is 0 Å². The Morgan fingerprint density at radius 3 is 1.77 bits per heavy atom. The number of aryl methyl sites for hydroxylation is 2. The van der Waals surface area contributed by atoms with Crippen molar-refractivity contribution >= 4 is 11.6 Å². The maximum absolute atomic E-state index is 11.9. The second kappa shape index (κ2) is 10.5. The first-order chi connectivity index (χ1) is 14.3. The van der Waals surface area contributed by atoms with Crippen LogP contribution >= 0.6 is 0 Å². The minimum Gasteiger partial charge on any atom is -0.496 e. The van der Waals surface area contributed by atoms with E-state index in [2.05, 4.69) is 9.97 Å². The standard InChI is InChI=1S/C13H19NO2.C12H17NO2/c1-7(2)12-11(10(5)15)13(16-6)8(3)9(4)14-12;1-6(2)11-10(9(5)14)12(15)7(3)8(4)13-11/h7H,1-6H3;6H,1-5H3,(H,13,15). The minimum atomic E-state index is -0.164. The van der Waals surface area contributed by atoms with Crippen LogP contribution in [0.2, 0.25) is 0 Å². The molecule has 0 spiro atoms. The van der Waals surface area contributed by atoms with Gasteiger partial charge in [-0.3, -0.25) is 19.4 Å². The Bertz CT molecular complexity index is 1050. The maximum atomic E-state index is 11.9. The zero-order valence-electron chi connectivity index (χ0n) is 20.7. The molecule has 170 valence electrons. The Morgan fingerprint density at radius 2 is 1.39 bits per heavy atom. The second-order valence-corrected chi connectivity index (χ2v) is 8.53. The Labute approximate surface area is 185 Å². The molecule has 0 aliphatic carbocycles. The van der Waals surface area contributed by atoms with Gasteiger partial charge in [-0.2, -0.15) is 0 Å². The fraction of sp³-hybridized carbons (Fsp3) is 0.520. The lowest BCUT2D eigenvalue weighted by atomic mass is 9.97. The molecule has 0 fully saturated rings. The van der Waals surface area contributed by atoms with E-state index in [0.717, 1.165) is 28.3 Å². The number of pyridine rings is 2. The van der Waals surface area contributed by atoms with Gasteiger partial charge < -0.3 is 9.72 Å². The van der Waals surface area contributed by atoms with Gasteiger partial charge in [-0.05, 0) is 53.4 Å². The van der Waals surface area contributed by atoms with E-state index in [-0.39, 0.29) is 28.8 Å². The largest absolute Gasteiger partial charge is 0.496 e. The zero-order chi connectivity index (χ0) is 24.2. The lowest BCUT2D eigenvalue weighted by molar-refractivity contribution is 0.100. The summed E-state index contributed by atoms with van der Waals surface area (Å²) in [5.74, 6) is 0.880. The van der Waals surface area contributed by atoms with Gasteiger partial charge in [0.25, 0.3) is 0 Å². The van der Waals surface area contributed by atoms with Gasteiger partial charge in [0.2, 0.25) is 0 Å². The predicted molar refractivity (Wildman–Crippen MR) is 125 cm³/mol. The number of ether oxygens (including phenoxy) is 1. The molecule has 6 nitrogen and oxygen atoms in total. The van der Waals surface area contributed by atoms with Crippen LogP contribution in [0.5, 0.6) is 5.75 Å². The van der Waals surface area contributed by atoms with Gasteiger partial charge >= 0.3 is 0 Å². The number of Topliss-reactive ketones (excluding diaryl/α,β-unsaturated/α-hetero) is 2. The van der Waals surface area contributed by atoms with Gasteiger partial charge in [0, 0.05) is 28.2 Å². The Kier molecular flexibility index (Phi) is 8.91. The number of rotatable bonds is 5. The smallest absolute Gasteiger partial charge is 0.195 e. The van der Waals surface area contributed by atoms with E-state index in [9.17, 15) is 14.4 Å². The van der Waals surface area contributed by atoms with Crippen LogP contribution < -0.4 is 10.2 Å². The minimum absolute atomic E-state index is 0.0103. The third-order valence-electron chi connectivity index (χ3n) is 5.41. The summed E-state index contributed by atoms with van der Waals surface area (Å²) in [7, 11) is 1.60. The van der Waals surface area contributed by atoms with Crippen LogP contribution in [0, 0.1) is 27.7 Å². The van der Waals surface area contributed by atoms with Gasteiger partial charge in [-0.25, -0.2) is 0 Å². The quantitative estimate of drug-likeness (QED) is 0.648. The van der Waals surface area contributed by atoms with E-state index in [1.165, 1.54) is 6.92 Å². The number of aromatic nitrogens is 2. The molecule has 1 N–H and O–H groups in total. The highest BCUT2D eigenvalue weighted by molar-refractivity contribution is 5.98. The maximum Gasteiger partial charge on any atom is 0.195 e. The van der Waals surface area contributed by atoms with E-state index < -0.39 is 0 Å². The summed E-state index contributed by atoms with van der Waals surface area (Å²) in [4.78, 5) is 42.7. The number of ketones is 2. The second-order valence-electron chi connectivity index (χ2n) is 8.53. The number of carbonyl (C=O) groups excluding carboxylic acids is 2. The molecule has 0 radical (unpaired) electrons. The van der Waals surface area contributed by atoms with Gasteiger partial charge in [-0.15, -0.1) is 0 Å². The molecule has 0 saturated carbocycles. The first-order valence-electron chi connectivity index (χ1n) is 10.6. The average molecular weight is 429 g/mol. The highest BCUT2D eigenvalue weighted by atomic mass is 16.5. The number of H-pyrrole nitrogens is 1. The molecule has 0 aromatic carbocycles. The van der Waals surface area contributed by atoms with Crippen LogP contribution in [0.1, 0.15) is 108 Å². The number of aromatic amines is 1. The summed E-state index contributed by atoms with van der Waals surface area (Å²) in [6, 6.07) is 0. The van der Waals surface area contributed by atoms with E-state index >= 15 is 0 Å². The lowest BCUT2D eigenvalue weighted by Crippen LogP contribution is -2.22. The molecular weight excluding hydrogens is 392 g/mol. The third-order valence-corrected chi connectivity index (χ3v) is 5.41. The number of methoxy groups -OCH3 is 1. The molecule has 0 aliphatic rings. The van der Waals surface area contributed by atoms with Crippen LogP contribution in [-0.4, -0.2) is 28.6 Å². The molecule has 2 heterocycles. The normalized spacial score (nSPS) is 10.7. The molecule has 2 aromatic heterocycles.